The topological polar surface area (TPSA) is 71.1 Å². The van der Waals surface area contributed by atoms with E-state index in [1.165, 1.54) is 31.6 Å². The first-order valence-corrected chi connectivity index (χ1v) is 7.20. The van der Waals surface area contributed by atoms with E-state index in [1.807, 2.05) is 0 Å². The lowest BCUT2D eigenvalue weighted by Crippen LogP contribution is -2.39. The van der Waals surface area contributed by atoms with Crippen molar-refractivity contribution in [1.29, 1.82) is 0 Å². The molecule has 1 aliphatic heterocycles. The van der Waals surface area contributed by atoms with Crippen molar-refractivity contribution in [1.82, 2.24) is 20.1 Å². The molecule has 2 heterocycles. The zero-order chi connectivity index (χ0) is 15.5. The Bertz CT molecular complexity index is 660. The molecule has 0 aliphatic carbocycles. The summed E-state index contributed by atoms with van der Waals surface area (Å²) < 4.78 is 18.5. The van der Waals surface area contributed by atoms with E-state index in [9.17, 15) is 9.18 Å². The van der Waals surface area contributed by atoms with Gasteiger partial charge in [0.1, 0.15) is 12.2 Å². The predicted octanol–water partition coefficient (Wildman–Crippen LogP) is 2.32. The normalized spacial score (nSPS) is 18.3. The van der Waals surface area contributed by atoms with Gasteiger partial charge in [-0.1, -0.05) is 0 Å². The fourth-order valence-corrected chi connectivity index (χ4v) is 2.79. The Kier molecular flexibility index (Phi) is 4.04. The molecule has 1 aromatic carbocycles. The van der Waals surface area contributed by atoms with Crippen LogP contribution < -0.4 is 4.74 Å². The average Bonchev–Trinajstić information content (AvgIpc) is 3.09. The smallest absolute Gasteiger partial charge is 0.254 e. The van der Waals surface area contributed by atoms with Crippen LogP contribution in [0.5, 0.6) is 5.75 Å². The number of nitrogens with one attached hydrogen (secondary N) is 1. The number of methoxy groups -OCH3 is 1. The standard InChI is InChI=1S/C15H17FN4O2/c1-22-13-8-10(5-6-11(13)16)15(21)20-7-3-2-4-12(20)14-17-9-18-19-14/h5-6,8-9,12H,2-4,7H2,1H3,(H,17,18,19)/t12-/m0/s1. The molecule has 3 rings (SSSR count). The van der Waals surface area contributed by atoms with Crippen molar-refractivity contribution in [3.8, 4) is 5.75 Å². The average molecular weight is 304 g/mol. The maximum atomic E-state index is 13.5. The molecule has 7 heteroatoms. The number of carbonyl (C=O) groups is 1. The quantitative estimate of drug-likeness (QED) is 0.944. The van der Waals surface area contributed by atoms with E-state index in [-0.39, 0.29) is 17.7 Å². The predicted molar refractivity (Wildman–Crippen MR) is 77.0 cm³/mol. The Hall–Kier alpha value is -2.44. The number of nitrogens with zero attached hydrogens (tertiary/aromatic N) is 3. The summed E-state index contributed by atoms with van der Waals surface area (Å²) in [5, 5.41) is 6.69. The van der Waals surface area contributed by atoms with Gasteiger partial charge >= 0.3 is 0 Å². The fraction of sp³-hybridized carbons (Fsp3) is 0.400. The second-order valence-electron chi connectivity index (χ2n) is 5.23. The number of aromatic amines is 1. The first kappa shape index (κ1) is 14.5. The van der Waals surface area contributed by atoms with Crippen LogP contribution in [0.15, 0.2) is 24.5 Å². The van der Waals surface area contributed by atoms with Gasteiger partial charge in [-0.25, -0.2) is 9.37 Å². The van der Waals surface area contributed by atoms with Gasteiger partial charge in [-0.2, -0.15) is 5.10 Å². The molecular formula is C15H17FN4O2. The van der Waals surface area contributed by atoms with Gasteiger partial charge in [-0.05, 0) is 37.5 Å². The summed E-state index contributed by atoms with van der Waals surface area (Å²) in [4.78, 5) is 18.7. The number of hydrogen-bond acceptors (Lipinski definition) is 4. The van der Waals surface area contributed by atoms with Crippen LogP contribution in [0.25, 0.3) is 0 Å². The molecule has 1 aliphatic rings. The van der Waals surface area contributed by atoms with Gasteiger partial charge < -0.3 is 9.64 Å². The summed E-state index contributed by atoms with van der Waals surface area (Å²) in [6, 6.07) is 4.04. The third-order valence-electron chi connectivity index (χ3n) is 3.91. The summed E-state index contributed by atoms with van der Waals surface area (Å²) in [6.07, 6.45) is 4.24. The molecular weight excluding hydrogens is 287 g/mol. The van der Waals surface area contributed by atoms with Crippen molar-refractivity contribution in [3.63, 3.8) is 0 Å². The summed E-state index contributed by atoms with van der Waals surface area (Å²) in [7, 11) is 1.38. The molecule has 1 N–H and O–H groups in total. The highest BCUT2D eigenvalue weighted by Crippen LogP contribution is 2.30. The van der Waals surface area contributed by atoms with Crippen LogP contribution in [-0.2, 0) is 0 Å². The van der Waals surface area contributed by atoms with Gasteiger partial charge in [0.2, 0.25) is 0 Å². The molecule has 0 spiro atoms. The van der Waals surface area contributed by atoms with Gasteiger partial charge in [0.15, 0.2) is 11.6 Å². The highest BCUT2D eigenvalue weighted by molar-refractivity contribution is 5.95. The number of H-pyrrole nitrogens is 1. The number of piperidine rings is 1. The lowest BCUT2D eigenvalue weighted by molar-refractivity contribution is 0.0600. The minimum atomic E-state index is -0.482. The summed E-state index contributed by atoms with van der Waals surface area (Å²) in [5.74, 6) is 0.116. The third kappa shape index (κ3) is 2.66. The minimum Gasteiger partial charge on any atom is -0.494 e. The zero-order valence-electron chi connectivity index (χ0n) is 12.3. The van der Waals surface area contributed by atoms with Crippen LogP contribution in [0.2, 0.25) is 0 Å². The lowest BCUT2D eigenvalue weighted by atomic mass is 10.00. The van der Waals surface area contributed by atoms with Crippen LogP contribution in [0.4, 0.5) is 4.39 Å². The SMILES string of the molecule is COc1cc(C(=O)N2CCCC[C@H]2c2ncn[nH]2)ccc1F. The van der Waals surface area contributed by atoms with Gasteiger partial charge in [0.05, 0.1) is 13.2 Å². The summed E-state index contributed by atoms with van der Waals surface area (Å²) in [5.41, 5.74) is 0.407. The van der Waals surface area contributed by atoms with Gasteiger partial charge in [-0.15, -0.1) is 0 Å². The van der Waals surface area contributed by atoms with Crippen LogP contribution in [0.1, 0.15) is 41.5 Å². The highest BCUT2D eigenvalue weighted by atomic mass is 19.1. The first-order valence-electron chi connectivity index (χ1n) is 7.20. The van der Waals surface area contributed by atoms with E-state index in [0.29, 0.717) is 17.9 Å². The molecule has 1 fully saturated rings. The van der Waals surface area contributed by atoms with Gasteiger partial charge in [0.25, 0.3) is 5.91 Å². The van der Waals surface area contributed by atoms with Crippen molar-refractivity contribution in [3.05, 3.63) is 41.7 Å². The number of rotatable bonds is 3. The number of benzene rings is 1. The molecule has 2 aromatic rings. The molecule has 0 saturated carbocycles. The molecule has 1 amide bonds. The molecule has 1 atom stereocenters. The summed E-state index contributed by atoms with van der Waals surface area (Å²) in [6.45, 7) is 0.643. The van der Waals surface area contributed by atoms with Crippen molar-refractivity contribution in [2.45, 2.75) is 25.3 Å². The van der Waals surface area contributed by atoms with Crippen molar-refractivity contribution >= 4 is 5.91 Å². The van der Waals surface area contributed by atoms with Crippen LogP contribution in [-0.4, -0.2) is 39.6 Å². The number of aromatic nitrogens is 3. The maximum Gasteiger partial charge on any atom is 0.254 e. The lowest BCUT2D eigenvalue weighted by Gasteiger charge is -2.34. The Morgan fingerprint density at radius 3 is 3.05 bits per heavy atom. The first-order chi connectivity index (χ1) is 10.7. The Morgan fingerprint density at radius 2 is 2.32 bits per heavy atom. The summed E-state index contributed by atoms with van der Waals surface area (Å²) >= 11 is 0. The number of carbonyl (C=O) groups excluding carboxylic acids is 1. The molecule has 0 unspecified atom stereocenters. The number of amides is 1. The second-order valence-corrected chi connectivity index (χ2v) is 5.23. The molecule has 22 heavy (non-hydrogen) atoms. The van der Waals surface area contributed by atoms with Crippen molar-refractivity contribution in [2.24, 2.45) is 0 Å². The fourth-order valence-electron chi connectivity index (χ4n) is 2.79. The van der Waals surface area contributed by atoms with Crippen LogP contribution in [0, 0.1) is 5.82 Å². The van der Waals surface area contributed by atoms with Gasteiger partial charge in [-0.3, -0.25) is 9.89 Å². The maximum absolute atomic E-state index is 13.5. The second kappa shape index (κ2) is 6.13. The monoisotopic (exact) mass is 304 g/mol. The van der Waals surface area contributed by atoms with Crippen LogP contribution in [0.3, 0.4) is 0 Å². The Morgan fingerprint density at radius 1 is 1.45 bits per heavy atom. The van der Waals surface area contributed by atoms with Crippen molar-refractivity contribution in [2.75, 3.05) is 13.7 Å². The largest absolute Gasteiger partial charge is 0.494 e. The number of ether oxygens (including phenoxy) is 1. The van der Waals surface area contributed by atoms with E-state index in [4.69, 9.17) is 4.74 Å². The Labute approximate surface area is 127 Å². The molecule has 0 radical (unpaired) electrons. The zero-order valence-corrected chi connectivity index (χ0v) is 12.3. The van der Waals surface area contributed by atoms with E-state index >= 15 is 0 Å². The van der Waals surface area contributed by atoms with E-state index in [1.54, 1.807) is 4.90 Å². The highest BCUT2D eigenvalue weighted by Gasteiger charge is 2.30. The molecule has 1 aromatic heterocycles. The van der Waals surface area contributed by atoms with E-state index in [0.717, 1.165) is 19.3 Å². The third-order valence-corrected chi connectivity index (χ3v) is 3.91. The number of likely N-dealkylation sites (tertiary alicyclic amines) is 1. The van der Waals surface area contributed by atoms with E-state index < -0.39 is 5.82 Å². The molecule has 1 saturated heterocycles. The van der Waals surface area contributed by atoms with Crippen molar-refractivity contribution < 1.29 is 13.9 Å². The van der Waals surface area contributed by atoms with Gasteiger partial charge in [0, 0.05) is 12.1 Å². The molecule has 0 bridgehead atoms. The number of hydrogen-bond donors (Lipinski definition) is 1. The van der Waals surface area contributed by atoms with Crippen LogP contribution >= 0.6 is 0 Å². The number of halogens is 1. The molecule has 6 nitrogen and oxygen atoms in total. The molecule has 116 valence electrons. The minimum absolute atomic E-state index is 0.0686. The Balaban J connectivity index is 1.89. The van der Waals surface area contributed by atoms with E-state index in [2.05, 4.69) is 15.2 Å².